The predicted octanol–water partition coefficient (Wildman–Crippen LogP) is 5.44. The van der Waals surface area contributed by atoms with Crippen molar-refractivity contribution in [1.29, 1.82) is 0 Å². The summed E-state index contributed by atoms with van der Waals surface area (Å²) in [4.78, 5) is 12.1. The Hall–Kier alpha value is -3.07. The first kappa shape index (κ1) is 17.7. The number of aryl methyl sites for hydroxylation is 1. The van der Waals surface area contributed by atoms with Crippen LogP contribution in [-0.2, 0) is 13.0 Å². The molecule has 0 bridgehead atoms. The molecule has 0 amide bonds. The molecular formula is C23H22O3. The van der Waals surface area contributed by atoms with E-state index in [4.69, 9.17) is 9.47 Å². The number of para-hydroxylation sites is 1. The molecule has 0 fully saturated rings. The van der Waals surface area contributed by atoms with E-state index in [0.29, 0.717) is 17.9 Å². The molecule has 0 unspecified atom stereocenters. The topological polar surface area (TPSA) is 35.5 Å². The van der Waals surface area contributed by atoms with E-state index in [1.165, 1.54) is 5.56 Å². The lowest BCUT2D eigenvalue weighted by atomic mass is 10.1. The van der Waals surface area contributed by atoms with Gasteiger partial charge in [0.05, 0.1) is 5.56 Å². The van der Waals surface area contributed by atoms with Crippen LogP contribution in [0.5, 0.6) is 11.5 Å². The van der Waals surface area contributed by atoms with Crippen LogP contribution in [0.1, 0.15) is 34.8 Å². The van der Waals surface area contributed by atoms with Gasteiger partial charge in [0.1, 0.15) is 18.1 Å². The van der Waals surface area contributed by atoms with Crippen LogP contribution in [0, 0.1) is 0 Å². The van der Waals surface area contributed by atoms with Crippen LogP contribution in [0.15, 0.2) is 78.9 Å². The van der Waals surface area contributed by atoms with E-state index in [-0.39, 0.29) is 5.97 Å². The average molecular weight is 346 g/mol. The third-order valence-corrected chi connectivity index (χ3v) is 4.01. The van der Waals surface area contributed by atoms with Gasteiger partial charge in [-0.3, -0.25) is 0 Å². The molecule has 3 heteroatoms. The normalized spacial score (nSPS) is 10.3. The maximum Gasteiger partial charge on any atom is 0.343 e. The Balaban J connectivity index is 1.54. The molecule has 0 spiro atoms. The molecule has 0 saturated heterocycles. The molecule has 0 aliphatic carbocycles. The number of benzene rings is 3. The van der Waals surface area contributed by atoms with Crippen molar-refractivity contribution in [3.63, 3.8) is 0 Å². The number of carbonyl (C=O) groups excluding carboxylic acids is 1. The minimum atomic E-state index is -0.366. The lowest BCUT2D eigenvalue weighted by Gasteiger charge is -2.08. The number of ether oxygens (including phenoxy) is 2. The minimum absolute atomic E-state index is 0.366. The fourth-order valence-electron chi connectivity index (χ4n) is 2.60. The molecule has 0 aliphatic rings. The van der Waals surface area contributed by atoms with Crippen LogP contribution in [0.3, 0.4) is 0 Å². The highest BCUT2D eigenvalue weighted by Crippen LogP contribution is 2.16. The average Bonchev–Trinajstić information content (AvgIpc) is 2.69. The summed E-state index contributed by atoms with van der Waals surface area (Å²) in [7, 11) is 0. The standard InChI is InChI=1S/C23H22O3/c1-2-6-18-11-15-21(16-12-18)25-17-19-9-13-20(14-10-19)23(24)26-22-7-4-3-5-8-22/h3-5,7-16H,2,6,17H2,1H3. The van der Waals surface area contributed by atoms with E-state index in [1.807, 2.05) is 42.5 Å². The third kappa shape index (κ3) is 4.96. The van der Waals surface area contributed by atoms with Gasteiger partial charge in [-0.15, -0.1) is 0 Å². The van der Waals surface area contributed by atoms with E-state index < -0.39 is 0 Å². The van der Waals surface area contributed by atoms with Crippen molar-refractivity contribution in [3.8, 4) is 11.5 Å². The summed E-state index contributed by atoms with van der Waals surface area (Å²) >= 11 is 0. The molecule has 0 N–H and O–H groups in total. The van der Waals surface area contributed by atoms with Crippen molar-refractivity contribution < 1.29 is 14.3 Å². The van der Waals surface area contributed by atoms with E-state index in [1.54, 1.807) is 24.3 Å². The Morgan fingerprint density at radius 1 is 0.769 bits per heavy atom. The summed E-state index contributed by atoms with van der Waals surface area (Å²) in [6, 6.07) is 24.5. The van der Waals surface area contributed by atoms with E-state index >= 15 is 0 Å². The molecule has 0 radical (unpaired) electrons. The van der Waals surface area contributed by atoms with Crippen LogP contribution < -0.4 is 9.47 Å². The van der Waals surface area contributed by atoms with Crippen molar-refractivity contribution in [2.45, 2.75) is 26.4 Å². The van der Waals surface area contributed by atoms with Gasteiger partial charge < -0.3 is 9.47 Å². The molecule has 3 nitrogen and oxygen atoms in total. The Morgan fingerprint density at radius 2 is 1.42 bits per heavy atom. The van der Waals surface area contributed by atoms with Crippen molar-refractivity contribution in [2.24, 2.45) is 0 Å². The fraction of sp³-hybridized carbons (Fsp3) is 0.174. The number of carbonyl (C=O) groups is 1. The molecule has 0 aromatic heterocycles. The highest BCUT2D eigenvalue weighted by molar-refractivity contribution is 5.91. The summed E-state index contributed by atoms with van der Waals surface area (Å²) in [5, 5.41) is 0. The lowest BCUT2D eigenvalue weighted by molar-refractivity contribution is 0.0734. The maximum atomic E-state index is 12.1. The number of rotatable bonds is 7. The third-order valence-electron chi connectivity index (χ3n) is 4.01. The van der Waals surface area contributed by atoms with Gasteiger partial charge in [0, 0.05) is 0 Å². The number of esters is 1. The fourth-order valence-corrected chi connectivity index (χ4v) is 2.60. The van der Waals surface area contributed by atoms with Crippen molar-refractivity contribution in [1.82, 2.24) is 0 Å². The smallest absolute Gasteiger partial charge is 0.343 e. The van der Waals surface area contributed by atoms with E-state index in [2.05, 4.69) is 19.1 Å². The molecule has 0 aliphatic heterocycles. The monoisotopic (exact) mass is 346 g/mol. The van der Waals surface area contributed by atoms with Gasteiger partial charge in [0.2, 0.25) is 0 Å². The molecule has 0 atom stereocenters. The summed E-state index contributed by atoms with van der Waals surface area (Å²) in [6.45, 7) is 2.63. The highest BCUT2D eigenvalue weighted by atomic mass is 16.5. The van der Waals surface area contributed by atoms with Crippen LogP contribution in [-0.4, -0.2) is 5.97 Å². The highest BCUT2D eigenvalue weighted by Gasteiger charge is 2.08. The first-order valence-corrected chi connectivity index (χ1v) is 8.82. The maximum absolute atomic E-state index is 12.1. The van der Waals surface area contributed by atoms with Crippen molar-refractivity contribution in [2.75, 3.05) is 0 Å². The Morgan fingerprint density at radius 3 is 2.08 bits per heavy atom. The van der Waals surface area contributed by atoms with Gasteiger partial charge in [-0.05, 0) is 53.9 Å². The van der Waals surface area contributed by atoms with Crippen LogP contribution in [0.25, 0.3) is 0 Å². The Kier molecular flexibility index (Phi) is 6.05. The number of hydrogen-bond acceptors (Lipinski definition) is 3. The van der Waals surface area contributed by atoms with Gasteiger partial charge in [-0.2, -0.15) is 0 Å². The van der Waals surface area contributed by atoms with E-state index in [9.17, 15) is 4.79 Å². The van der Waals surface area contributed by atoms with Crippen LogP contribution in [0.4, 0.5) is 0 Å². The zero-order valence-corrected chi connectivity index (χ0v) is 14.9. The Bertz CT molecular complexity index is 822. The molecule has 0 heterocycles. The van der Waals surface area contributed by atoms with Gasteiger partial charge in [0.25, 0.3) is 0 Å². The first-order valence-electron chi connectivity index (χ1n) is 8.82. The first-order chi connectivity index (χ1) is 12.7. The Labute approximate surface area is 154 Å². The summed E-state index contributed by atoms with van der Waals surface area (Å²) in [6.07, 6.45) is 2.22. The predicted molar refractivity (Wildman–Crippen MR) is 103 cm³/mol. The van der Waals surface area contributed by atoms with Gasteiger partial charge in [-0.1, -0.05) is 55.8 Å². The molecular weight excluding hydrogens is 324 g/mol. The SMILES string of the molecule is CCCc1ccc(OCc2ccc(C(=O)Oc3ccccc3)cc2)cc1. The van der Waals surface area contributed by atoms with Crippen LogP contribution in [0.2, 0.25) is 0 Å². The molecule has 0 saturated carbocycles. The summed E-state index contributed by atoms with van der Waals surface area (Å²) in [5.74, 6) is 1.02. The van der Waals surface area contributed by atoms with Crippen molar-refractivity contribution in [3.05, 3.63) is 95.6 Å². The second kappa shape index (κ2) is 8.86. The summed E-state index contributed by atoms with van der Waals surface area (Å²) < 4.78 is 11.1. The minimum Gasteiger partial charge on any atom is -0.489 e. The second-order valence-corrected chi connectivity index (χ2v) is 6.08. The molecule has 3 aromatic rings. The number of hydrogen-bond donors (Lipinski definition) is 0. The molecule has 3 aromatic carbocycles. The molecule has 26 heavy (non-hydrogen) atoms. The second-order valence-electron chi connectivity index (χ2n) is 6.08. The van der Waals surface area contributed by atoms with Crippen LogP contribution >= 0.6 is 0 Å². The largest absolute Gasteiger partial charge is 0.489 e. The lowest BCUT2D eigenvalue weighted by Crippen LogP contribution is -2.08. The van der Waals surface area contributed by atoms with E-state index in [0.717, 1.165) is 24.2 Å². The summed E-state index contributed by atoms with van der Waals surface area (Å²) in [5.41, 5.74) is 2.83. The quantitative estimate of drug-likeness (QED) is 0.422. The molecule has 3 rings (SSSR count). The zero-order valence-electron chi connectivity index (χ0n) is 14.9. The van der Waals surface area contributed by atoms with Gasteiger partial charge in [0.15, 0.2) is 0 Å². The van der Waals surface area contributed by atoms with Gasteiger partial charge in [-0.25, -0.2) is 4.79 Å². The van der Waals surface area contributed by atoms with Gasteiger partial charge >= 0.3 is 5.97 Å². The van der Waals surface area contributed by atoms with Crippen molar-refractivity contribution >= 4 is 5.97 Å². The zero-order chi connectivity index (χ0) is 18.2. The molecule has 132 valence electrons.